The molecule has 63 heavy (non-hydrogen) atoms. The Bertz CT molecular complexity index is 2260. The van der Waals surface area contributed by atoms with Crippen LogP contribution in [0.2, 0.25) is 0 Å². The maximum atomic E-state index is 14.4. The molecule has 2 bridgehead atoms. The van der Waals surface area contributed by atoms with Crippen LogP contribution in [0.5, 0.6) is 0 Å². The summed E-state index contributed by atoms with van der Waals surface area (Å²) < 4.78 is 40.5. The summed E-state index contributed by atoms with van der Waals surface area (Å²) in [6.45, 7) is 2.53. The van der Waals surface area contributed by atoms with Crippen LogP contribution in [0.25, 0.3) is 0 Å². The first-order chi connectivity index (χ1) is 29.9. The third kappa shape index (κ3) is 14.3. The molecule has 0 fully saturated rings. The number of nitrogens with one attached hydrogen (secondary N) is 6. The normalized spacial score (nSPS) is 19.6. The Morgan fingerprint density at radius 3 is 1.70 bits per heavy atom. The van der Waals surface area contributed by atoms with Crippen molar-refractivity contribution in [2.75, 3.05) is 5.32 Å². The fraction of sp³-hybridized carbons (Fsp3) is 0.326. The molecular weight excluding hydrogens is 822 g/mol. The zero-order valence-electron chi connectivity index (χ0n) is 34.6. The molecule has 6 rings (SSSR count). The lowest BCUT2D eigenvalue weighted by Gasteiger charge is -2.28. The monoisotopic (exact) mass is 870 g/mol. The Labute approximate surface area is 361 Å². The molecule has 17 heteroatoms. The van der Waals surface area contributed by atoms with Gasteiger partial charge in [-0.25, -0.2) is 4.79 Å². The van der Waals surface area contributed by atoms with E-state index < -0.39 is 82.9 Å². The Hall–Kier alpha value is -7.04. The summed E-state index contributed by atoms with van der Waals surface area (Å²) in [7, 11) is 0. The molecule has 0 saturated heterocycles. The van der Waals surface area contributed by atoms with E-state index in [1.807, 2.05) is 18.2 Å². The molecule has 2 aliphatic rings. The average Bonchev–Trinajstić information content (AvgIpc) is 3.24. The Kier molecular flexibility index (Phi) is 15.8. The molecule has 0 aromatic heterocycles. The lowest BCUT2D eigenvalue weighted by molar-refractivity contribution is -0.146. The summed E-state index contributed by atoms with van der Waals surface area (Å²) in [5.41, 5.74) is -0.203. The minimum absolute atomic E-state index is 0.0515. The molecule has 6 amide bonds. The second kappa shape index (κ2) is 21.2. The van der Waals surface area contributed by atoms with E-state index >= 15 is 0 Å². The molecule has 0 saturated carbocycles. The summed E-state index contributed by atoms with van der Waals surface area (Å²) >= 11 is 0. The molecule has 7 N–H and O–H groups in total. The van der Waals surface area contributed by atoms with Crippen molar-refractivity contribution in [3.8, 4) is 0 Å². The van der Waals surface area contributed by atoms with E-state index in [9.17, 15) is 51.8 Å². The number of benzene rings is 4. The summed E-state index contributed by atoms with van der Waals surface area (Å²) in [5.74, 6) is -5.96. The number of hydrogen-bond donors (Lipinski definition) is 7. The first-order valence-electron chi connectivity index (χ1n) is 20.2. The maximum Gasteiger partial charge on any atom is 0.416 e. The van der Waals surface area contributed by atoms with Gasteiger partial charge >= 0.3 is 12.1 Å². The minimum atomic E-state index is -4.65. The topological polar surface area (TPSA) is 212 Å². The number of halogens is 3. The largest absolute Gasteiger partial charge is 0.480 e. The van der Waals surface area contributed by atoms with E-state index in [2.05, 4.69) is 31.9 Å². The van der Waals surface area contributed by atoms with Crippen molar-refractivity contribution in [3.05, 3.63) is 137 Å². The molecule has 4 atom stereocenters. The van der Waals surface area contributed by atoms with Crippen LogP contribution < -0.4 is 31.9 Å². The maximum absolute atomic E-state index is 14.4. The summed E-state index contributed by atoms with van der Waals surface area (Å²) in [6.07, 6.45) is -5.50. The molecule has 4 aromatic carbocycles. The highest BCUT2D eigenvalue weighted by atomic mass is 19.4. The molecule has 2 aliphatic heterocycles. The predicted molar refractivity (Wildman–Crippen MR) is 226 cm³/mol. The van der Waals surface area contributed by atoms with Gasteiger partial charge in [0, 0.05) is 37.8 Å². The van der Waals surface area contributed by atoms with Crippen LogP contribution in [0.3, 0.4) is 0 Å². The number of rotatable bonds is 10. The van der Waals surface area contributed by atoms with Gasteiger partial charge in [0.1, 0.15) is 29.7 Å². The number of fused-ring (bicyclic) bond motifs is 18. The first-order valence-corrected chi connectivity index (χ1v) is 20.2. The molecule has 0 spiro atoms. The van der Waals surface area contributed by atoms with Crippen molar-refractivity contribution in [2.45, 2.75) is 94.7 Å². The molecule has 4 aromatic rings. The molecule has 2 heterocycles. The zero-order chi connectivity index (χ0) is 45.7. The summed E-state index contributed by atoms with van der Waals surface area (Å²) in [4.78, 5) is 94.9. The van der Waals surface area contributed by atoms with Gasteiger partial charge in [-0.15, -0.1) is 0 Å². The number of aryl methyl sites for hydroxylation is 1. The number of carboxylic acids is 1. The van der Waals surface area contributed by atoms with Gasteiger partial charge in [0.25, 0.3) is 0 Å². The number of carbonyl (C=O) groups excluding carboxylic acids is 6. The van der Waals surface area contributed by atoms with E-state index in [-0.39, 0.29) is 44.1 Å². The van der Waals surface area contributed by atoms with Crippen LogP contribution in [0.4, 0.5) is 18.9 Å². The van der Waals surface area contributed by atoms with E-state index in [4.69, 9.17) is 0 Å². The van der Waals surface area contributed by atoms with Crippen molar-refractivity contribution >= 4 is 47.1 Å². The number of amides is 6. The second-order valence-corrected chi connectivity index (χ2v) is 15.8. The van der Waals surface area contributed by atoms with E-state index in [0.717, 1.165) is 29.8 Å². The van der Waals surface area contributed by atoms with Crippen LogP contribution in [0.15, 0.2) is 109 Å². The molecular formula is C46H49F3N6O8. The van der Waals surface area contributed by atoms with E-state index in [1.54, 1.807) is 66.7 Å². The van der Waals surface area contributed by atoms with Crippen LogP contribution in [0, 0.1) is 0 Å². The lowest BCUT2D eigenvalue weighted by Crippen LogP contribution is -2.61. The van der Waals surface area contributed by atoms with Crippen LogP contribution >= 0.6 is 0 Å². The smallest absolute Gasteiger partial charge is 0.416 e. The fourth-order valence-electron chi connectivity index (χ4n) is 6.71. The number of carbonyl (C=O) groups is 7. The average molecular weight is 871 g/mol. The highest BCUT2D eigenvalue weighted by molar-refractivity contribution is 5.97. The molecule has 14 nitrogen and oxygen atoms in total. The zero-order valence-corrected chi connectivity index (χ0v) is 34.6. The SMILES string of the molecule is CC(C)(NC(=O)[C@@H]1Cc2ccc(cc2)NC(=O)CCC(=O)N[C@H](CCc2ccccc2)C(=O)N[C@@H](Cc2ccc(C(F)(F)F)cc2)C(=O)N[C@H](Cc2ccccc2)C(=O)N1)C(=O)O. The van der Waals surface area contributed by atoms with Gasteiger partial charge in [-0.1, -0.05) is 84.9 Å². The third-order valence-electron chi connectivity index (χ3n) is 10.3. The van der Waals surface area contributed by atoms with E-state index in [1.165, 1.54) is 13.8 Å². The predicted octanol–water partition coefficient (Wildman–Crippen LogP) is 4.02. The standard InChI is InChI=1S/C46H49F3N6O8/c1-45(2,44(62)63)55-43(61)37-27-31-15-20-33(21-16-31)50-38(56)23-24-39(57)51-34(22-17-28-9-5-3-6-10-28)40(58)52-36(26-30-13-18-32(19-14-30)46(47,48)49)41(59)53-35(42(60)54-37)25-29-11-7-4-8-12-29/h3-16,18-21,34-37H,17,22-27H2,1-2H3,(H,50,56)(H,51,57)(H,52,58)(H,53,59)(H,54,60)(H,55,61)(H,62,63)/t34-,35-,36+,37+/m1/s1. The van der Waals surface area contributed by atoms with E-state index in [0.29, 0.717) is 23.2 Å². The van der Waals surface area contributed by atoms with Crippen molar-refractivity contribution in [2.24, 2.45) is 0 Å². The molecule has 0 radical (unpaired) electrons. The van der Waals surface area contributed by atoms with Crippen LogP contribution in [-0.2, 0) is 65.4 Å². The van der Waals surface area contributed by atoms with Crippen molar-refractivity contribution in [1.82, 2.24) is 26.6 Å². The van der Waals surface area contributed by atoms with Crippen molar-refractivity contribution in [3.63, 3.8) is 0 Å². The first kappa shape index (κ1) is 47.0. The number of anilines is 1. The minimum Gasteiger partial charge on any atom is -0.480 e. The third-order valence-corrected chi connectivity index (χ3v) is 10.3. The molecule has 0 unspecified atom stereocenters. The number of aliphatic carboxylic acids is 1. The second-order valence-electron chi connectivity index (χ2n) is 15.8. The number of alkyl halides is 3. The van der Waals surface area contributed by atoms with Crippen molar-refractivity contribution < 1.29 is 51.8 Å². The van der Waals surface area contributed by atoms with Gasteiger partial charge in [0.15, 0.2) is 0 Å². The van der Waals surface area contributed by atoms with Gasteiger partial charge in [-0.3, -0.25) is 28.8 Å². The summed E-state index contributed by atoms with van der Waals surface area (Å²) in [5, 5.41) is 25.5. The van der Waals surface area contributed by atoms with Gasteiger partial charge in [-0.05, 0) is 73.2 Å². The lowest BCUT2D eigenvalue weighted by atomic mass is 9.99. The Balaban J connectivity index is 1.55. The quantitative estimate of drug-likeness (QED) is 0.116. The Morgan fingerprint density at radius 2 is 1.14 bits per heavy atom. The van der Waals surface area contributed by atoms with Gasteiger partial charge < -0.3 is 37.0 Å². The van der Waals surface area contributed by atoms with Gasteiger partial charge in [0.05, 0.1) is 5.56 Å². The Morgan fingerprint density at radius 1 is 0.635 bits per heavy atom. The van der Waals surface area contributed by atoms with Gasteiger partial charge in [-0.2, -0.15) is 13.2 Å². The summed E-state index contributed by atoms with van der Waals surface area (Å²) in [6, 6.07) is 22.3. The highest BCUT2D eigenvalue weighted by Crippen LogP contribution is 2.29. The highest BCUT2D eigenvalue weighted by Gasteiger charge is 2.36. The van der Waals surface area contributed by atoms with Crippen molar-refractivity contribution in [1.29, 1.82) is 0 Å². The van der Waals surface area contributed by atoms with Gasteiger partial charge in [0.2, 0.25) is 35.4 Å². The molecule has 332 valence electrons. The van der Waals surface area contributed by atoms with Crippen LogP contribution in [-0.4, -0.2) is 76.2 Å². The fourth-order valence-corrected chi connectivity index (χ4v) is 6.71. The number of carboxylic acid groups (broad SMARTS) is 1. The van der Waals surface area contributed by atoms with Crippen LogP contribution in [0.1, 0.15) is 60.9 Å². The number of hydrogen-bond acceptors (Lipinski definition) is 7. The molecule has 0 aliphatic carbocycles.